The summed E-state index contributed by atoms with van der Waals surface area (Å²) in [5.74, 6) is 0.503. The summed E-state index contributed by atoms with van der Waals surface area (Å²) in [6, 6.07) is 0.995. The lowest BCUT2D eigenvalue weighted by atomic mass is 10.0. The smallest absolute Gasteiger partial charge is 0.407 e. The Labute approximate surface area is 129 Å². The molecule has 2 N–H and O–H groups in total. The lowest BCUT2D eigenvalue weighted by Crippen LogP contribution is -2.43. The van der Waals surface area contributed by atoms with Crippen molar-refractivity contribution in [1.29, 1.82) is 0 Å². The number of hydrogen-bond donors (Lipinski definition) is 2. The minimum Gasteiger partial charge on any atom is -0.444 e. The summed E-state index contributed by atoms with van der Waals surface area (Å²) >= 11 is 0. The molecule has 1 fully saturated rings. The van der Waals surface area contributed by atoms with Crippen molar-refractivity contribution >= 4 is 6.09 Å². The van der Waals surface area contributed by atoms with Gasteiger partial charge in [-0.15, -0.1) is 6.58 Å². The number of carbonyl (C=O) groups is 1. The fraction of sp³-hybridized carbons (Fsp3) is 0.824. The Morgan fingerprint density at radius 3 is 2.76 bits per heavy atom. The van der Waals surface area contributed by atoms with Crippen LogP contribution in [0, 0.1) is 5.92 Å². The van der Waals surface area contributed by atoms with E-state index in [1.807, 2.05) is 26.8 Å². The first-order valence-electron chi connectivity index (χ1n) is 8.15. The van der Waals surface area contributed by atoms with Gasteiger partial charge < -0.3 is 15.4 Å². The zero-order valence-electron chi connectivity index (χ0n) is 14.1. The lowest BCUT2D eigenvalue weighted by molar-refractivity contribution is 0.0517. The second kappa shape index (κ2) is 8.42. The number of amides is 1. The maximum absolute atomic E-state index is 11.7. The third-order valence-electron chi connectivity index (χ3n) is 3.87. The van der Waals surface area contributed by atoms with Crippen LogP contribution in [0.25, 0.3) is 0 Å². The SMILES string of the molecule is C=CCCC(C)NC1CCCC1CNC(=O)OC(C)(C)C. The van der Waals surface area contributed by atoms with E-state index in [1.54, 1.807) is 0 Å². The molecule has 0 saturated heterocycles. The van der Waals surface area contributed by atoms with E-state index in [4.69, 9.17) is 4.74 Å². The quantitative estimate of drug-likeness (QED) is 0.705. The molecule has 1 aliphatic carbocycles. The van der Waals surface area contributed by atoms with Gasteiger partial charge in [-0.25, -0.2) is 4.79 Å². The summed E-state index contributed by atoms with van der Waals surface area (Å²) < 4.78 is 5.29. The molecule has 0 spiro atoms. The van der Waals surface area contributed by atoms with Crippen molar-refractivity contribution < 1.29 is 9.53 Å². The number of alkyl carbamates (subject to hydrolysis) is 1. The summed E-state index contributed by atoms with van der Waals surface area (Å²) in [6.45, 7) is 12.3. The minimum atomic E-state index is -0.434. The average molecular weight is 296 g/mol. The zero-order valence-corrected chi connectivity index (χ0v) is 14.1. The van der Waals surface area contributed by atoms with Gasteiger partial charge in [-0.05, 0) is 59.3 Å². The Bertz CT molecular complexity index is 336. The van der Waals surface area contributed by atoms with Crippen molar-refractivity contribution in [2.24, 2.45) is 5.92 Å². The molecular weight excluding hydrogens is 264 g/mol. The van der Waals surface area contributed by atoms with E-state index in [0.717, 1.165) is 12.8 Å². The summed E-state index contributed by atoms with van der Waals surface area (Å²) in [6.07, 6.45) is 7.41. The Morgan fingerprint density at radius 2 is 2.14 bits per heavy atom. The van der Waals surface area contributed by atoms with Gasteiger partial charge in [0.25, 0.3) is 0 Å². The molecule has 1 aliphatic rings. The van der Waals surface area contributed by atoms with E-state index in [1.165, 1.54) is 19.3 Å². The van der Waals surface area contributed by atoms with Crippen LogP contribution in [0.4, 0.5) is 4.79 Å². The van der Waals surface area contributed by atoms with Gasteiger partial charge in [-0.3, -0.25) is 0 Å². The summed E-state index contributed by atoms with van der Waals surface area (Å²) in [5.41, 5.74) is -0.434. The summed E-state index contributed by atoms with van der Waals surface area (Å²) in [4.78, 5) is 11.7. The van der Waals surface area contributed by atoms with Crippen LogP contribution in [-0.4, -0.2) is 30.3 Å². The number of hydrogen-bond acceptors (Lipinski definition) is 3. The molecule has 1 rings (SSSR count). The van der Waals surface area contributed by atoms with Crippen LogP contribution in [-0.2, 0) is 4.74 Å². The van der Waals surface area contributed by atoms with Crippen LogP contribution >= 0.6 is 0 Å². The Hall–Kier alpha value is -1.03. The van der Waals surface area contributed by atoms with Crippen LogP contribution in [0.1, 0.15) is 59.8 Å². The van der Waals surface area contributed by atoms with Gasteiger partial charge in [0, 0.05) is 18.6 Å². The van der Waals surface area contributed by atoms with E-state index in [9.17, 15) is 4.79 Å². The molecule has 3 atom stereocenters. The van der Waals surface area contributed by atoms with Crippen LogP contribution in [0.2, 0.25) is 0 Å². The number of carbonyl (C=O) groups excluding carboxylic acids is 1. The van der Waals surface area contributed by atoms with Gasteiger partial charge in [0.15, 0.2) is 0 Å². The van der Waals surface area contributed by atoms with Gasteiger partial charge in [0.05, 0.1) is 0 Å². The van der Waals surface area contributed by atoms with E-state index in [0.29, 0.717) is 24.5 Å². The van der Waals surface area contributed by atoms with Crippen molar-refractivity contribution in [2.45, 2.75) is 77.5 Å². The molecule has 0 heterocycles. The predicted octanol–water partition coefficient (Wildman–Crippen LogP) is 3.62. The largest absolute Gasteiger partial charge is 0.444 e. The standard InChI is InChI=1S/C17H32N2O2/c1-6-7-9-13(2)19-15-11-8-10-14(15)12-18-16(20)21-17(3,4)5/h6,13-15,19H,1,7-12H2,2-5H3,(H,18,20). The fourth-order valence-electron chi connectivity index (χ4n) is 2.85. The molecule has 21 heavy (non-hydrogen) atoms. The average Bonchev–Trinajstić information content (AvgIpc) is 2.79. The lowest BCUT2D eigenvalue weighted by Gasteiger charge is -2.26. The first kappa shape index (κ1) is 18.0. The normalized spacial score (nSPS) is 23.6. The van der Waals surface area contributed by atoms with E-state index < -0.39 is 5.60 Å². The van der Waals surface area contributed by atoms with Crippen LogP contribution in [0.5, 0.6) is 0 Å². The monoisotopic (exact) mass is 296 g/mol. The minimum absolute atomic E-state index is 0.312. The fourth-order valence-corrected chi connectivity index (χ4v) is 2.85. The summed E-state index contributed by atoms with van der Waals surface area (Å²) in [7, 11) is 0. The molecule has 0 aliphatic heterocycles. The topological polar surface area (TPSA) is 50.4 Å². The first-order valence-corrected chi connectivity index (χ1v) is 8.15. The molecule has 0 bridgehead atoms. The molecule has 1 amide bonds. The number of allylic oxidation sites excluding steroid dienone is 1. The highest BCUT2D eigenvalue weighted by molar-refractivity contribution is 5.67. The van der Waals surface area contributed by atoms with Crippen molar-refractivity contribution in [1.82, 2.24) is 10.6 Å². The molecule has 3 unspecified atom stereocenters. The van der Waals surface area contributed by atoms with Gasteiger partial charge in [-0.2, -0.15) is 0 Å². The molecule has 0 aromatic heterocycles. The number of ether oxygens (including phenoxy) is 1. The molecule has 4 nitrogen and oxygen atoms in total. The van der Waals surface area contributed by atoms with E-state index >= 15 is 0 Å². The molecule has 4 heteroatoms. The van der Waals surface area contributed by atoms with Gasteiger partial charge in [-0.1, -0.05) is 12.5 Å². The third kappa shape index (κ3) is 7.51. The van der Waals surface area contributed by atoms with Crippen molar-refractivity contribution in [3.05, 3.63) is 12.7 Å². The highest BCUT2D eigenvalue weighted by Crippen LogP contribution is 2.26. The van der Waals surface area contributed by atoms with Gasteiger partial charge in [0.1, 0.15) is 5.60 Å². The molecule has 1 saturated carbocycles. The highest BCUT2D eigenvalue weighted by atomic mass is 16.6. The van der Waals surface area contributed by atoms with Gasteiger partial charge in [0.2, 0.25) is 0 Å². The Kier molecular flexibility index (Phi) is 7.23. The maximum Gasteiger partial charge on any atom is 0.407 e. The van der Waals surface area contributed by atoms with Gasteiger partial charge >= 0.3 is 6.09 Å². The Morgan fingerprint density at radius 1 is 1.43 bits per heavy atom. The Balaban J connectivity index is 2.33. The predicted molar refractivity (Wildman–Crippen MR) is 87.4 cm³/mol. The van der Waals surface area contributed by atoms with Crippen LogP contribution < -0.4 is 10.6 Å². The van der Waals surface area contributed by atoms with Crippen molar-refractivity contribution in [3.63, 3.8) is 0 Å². The second-order valence-electron chi connectivity index (χ2n) is 7.11. The van der Waals surface area contributed by atoms with E-state index in [-0.39, 0.29) is 6.09 Å². The third-order valence-corrected chi connectivity index (χ3v) is 3.87. The molecular formula is C17H32N2O2. The van der Waals surface area contributed by atoms with Crippen molar-refractivity contribution in [2.75, 3.05) is 6.54 Å². The zero-order chi connectivity index (χ0) is 15.9. The van der Waals surface area contributed by atoms with Crippen molar-refractivity contribution in [3.8, 4) is 0 Å². The molecule has 0 aromatic carbocycles. The summed E-state index contributed by atoms with van der Waals surface area (Å²) in [5, 5.41) is 6.61. The molecule has 122 valence electrons. The molecule has 0 radical (unpaired) electrons. The highest BCUT2D eigenvalue weighted by Gasteiger charge is 2.28. The first-order chi connectivity index (χ1) is 9.81. The number of nitrogens with one attached hydrogen (secondary N) is 2. The maximum atomic E-state index is 11.7. The second-order valence-corrected chi connectivity index (χ2v) is 7.11. The number of rotatable bonds is 7. The molecule has 0 aromatic rings. The van der Waals surface area contributed by atoms with Crippen LogP contribution in [0.15, 0.2) is 12.7 Å². The van der Waals surface area contributed by atoms with E-state index in [2.05, 4.69) is 24.1 Å². The van der Waals surface area contributed by atoms with Crippen LogP contribution in [0.3, 0.4) is 0 Å².